The fourth-order valence-corrected chi connectivity index (χ4v) is 1.58. The quantitative estimate of drug-likeness (QED) is 0.570. The van der Waals surface area contributed by atoms with E-state index in [1.165, 1.54) is 0 Å². The average molecular weight is 286 g/mol. The SMILES string of the molecule is CCCCOCCCNC(=O)c1cc(F)c(F)cc1N. The van der Waals surface area contributed by atoms with Gasteiger partial charge in [0.05, 0.1) is 5.56 Å². The van der Waals surface area contributed by atoms with E-state index in [9.17, 15) is 13.6 Å². The molecule has 112 valence electrons. The Hall–Kier alpha value is -1.69. The van der Waals surface area contributed by atoms with Crippen molar-refractivity contribution in [3.05, 3.63) is 29.3 Å². The van der Waals surface area contributed by atoms with Gasteiger partial charge in [-0.15, -0.1) is 0 Å². The van der Waals surface area contributed by atoms with Gasteiger partial charge in [-0.25, -0.2) is 8.78 Å². The van der Waals surface area contributed by atoms with Crippen molar-refractivity contribution in [1.29, 1.82) is 0 Å². The minimum absolute atomic E-state index is 0.0594. The van der Waals surface area contributed by atoms with Gasteiger partial charge in [-0.2, -0.15) is 0 Å². The molecule has 6 heteroatoms. The zero-order valence-corrected chi connectivity index (χ0v) is 11.5. The Morgan fingerprint density at radius 1 is 1.25 bits per heavy atom. The van der Waals surface area contributed by atoms with E-state index in [0.29, 0.717) is 26.2 Å². The van der Waals surface area contributed by atoms with Gasteiger partial charge in [0, 0.05) is 31.5 Å². The molecular formula is C14H20F2N2O2. The van der Waals surface area contributed by atoms with Crippen LogP contribution in [0.15, 0.2) is 12.1 Å². The van der Waals surface area contributed by atoms with Gasteiger partial charge in [0.2, 0.25) is 0 Å². The molecule has 0 unspecified atom stereocenters. The third-order valence-corrected chi connectivity index (χ3v) is 2.73. The van der Waals surface area contributed by atoms with Crippen LogP contribution in [0.25, 0.3) is 0 Å². The van der Waals surface area contributed by atoms with Gasteiger partial charge in [-0.3, -0.25) is 4.79 Å². The molecule has 0 bridgehead atoms. The molecule has 0 saturated carbocycles. The lowest BCUT2D eigenvalue weighted by atomic mass is 10.1. The van der Waals surface area contributed by atoms with Crippen LogP contribution in [-0.2, 0) is 4.74 Å². The Balaban J connectivity index is 2.34. The van der Waals surface area contributed by atoms with Gasteiger partial charge in [-0.1, -0.05) is 13.3 Å². The first kappa shape index (κ1) is 16.4. The van der Waals surface area contributed by atoms with Crippen molar-refractivity contribution in [2.24, 2.45) is 0 Å². The third-order valence-electron chi connectivity index (χ3n) is 2.73. The standard InChI is InChI=1S/C14H20F2N2O2/c1-2-3-6-20-7-4-5-18-14(19)10-8-11(15)12(16)9-13(10)17/h8-9H,2-7,17H2,1H3,(H,18,19). The van der Waals surface area contributed by atoms with Crippen molar-refractivity contribution in [3.63, 3.8) is 0 Å². The lowest BCUT2D eigenvalue weighted by molar-refractivity contribution is 0.0941. The summed E-state index contributed by atoms with van der Waals surface area (Å²) in [6.07, 6.45) is 2.74. The summed E-state index contributed by atoms with van der Waals surface area (Å²) in [6.45, 7) is 3.73. The maximum atomic E-state index is 13.1. The molecule has 0 aliphatic heterocycles. The van der Waals surface area contributed by atoms with Crippen molar-refractivity contribution < 1.29 is 18.3 Å². The fraction of sp³-hybridized carbons (Fsp3) is 0.500. The molecule has 4 nitrogen and oxygen atoms in total. The smallest absolute Gasteiger partial charge is 0.253 e. The molecule has 0 atom stereocenters. The highest BCUT2D eigenvalue weighted by Gasteiger charge is 2.13. The number of hydrogen-bond acceptors (Lipinski definition) is 3. The largest absolute Gasteiger partial charge is 0.398 e. The number of unbranched alkanes of at least 4 members (excludes halogenated alkanes) is 1. The molecule has 0 heterocycles. The Labute approximate surface area is 117 Å². The number of anilines is 1. The van der Waals surface area contributed by atoms with Gasteiger partial charge in [0.1, 0.15) is 0 Å². The molecule has 0 radical (unpaired) electrons. The van der Waals surface area contributed by atoms with Gasteiger partial charge in [0.25, 0.3) is 5.91 Å². The number of ether oxygens (including phenoxy) is 1. The van der Waals surface area contributed by atoms with E-state index in [-0.39, 0.29) is 11.3 Å². The average Bonchev–Trinajstić information content (AvgIpc) is 2.41. The van der Waals surface area contributed by atoms with E-state index in [2.05, 4.69) is 12.2 Å². The number of amides is 1. The minimum Gasteiger partial charge on any atom is -0.398 e. The number of carbonyl (C=O) groups excluding carboxylic acids is 1. The van der Waals surface area contributed by atoms with E-state index in [1.807, 2.05) is 0 Å². The summed E-state index contributed by atoms with van der Waals surface area (Å²) >= 11 is 0. The van der Waals surface area contributed by atoms with E-state index in [1.54, 1.807) is 0 Å². The summed E-state index contributed by atoms with van der Waals surface area (Å²) in [6, 6.07) is 1.61. The molecule has 1 amide bonds. The summed E-state index contributed by atoms with van der Waals surface area (Å²) in [7, 11) is 0. The zero-order valence-electron chi connectivity index (χ0n) is 11.5. The Kier molecular flexibility index (Phi) is 6.93. The molecule has 1 aromatic carbocycles. The predicted octanol–water partition coefficient (Wildman–Crippen LogP) is 2.48. The molecular weight excluding hydrogens is 266 g/mol. The fourth-order valence-electron chi connectivity index (χ4n) is 1.58. The van der Waals surface area contributed by atoms with Crippen LogP contribution in [0.3, 0.4) is 0 Å². The van der Waals surface area contributed by atoms with E-state index < -0.39 is 17.5 Å². The lowest BCUT2D eigenvalue weighted by Gasteiger charge is -2.08. The second-order valence-electron chi connectivity index (χ2n) is 4.43. The monoisotopic (exact) mass is 286 g/mol. The third kappa shape index (κ3) is 5.13. The number of hydrogen-bond donors (Lipinski definition) is 2. The van der Waals surface area contributed by atoms with Crippen molar-refractivity contribution in [1.82, 2.24) is 5.32 Å². The predicted molar refractivity (Wildman–Crippen MR) is 73.4 cm³/mol. The zero-order chi connectivity index (χ0) is 15.0. The topological polar surface area (TPSA) is 64.3 Å². The maximum Gasteiger partial charge on any atom is 0.253 e. The summed E-state index contributed by atoms with van der Waals surface area (Å²) in [5.41, 5.74) is 5.34. The molecule has 0 spiro atoms. The van der Waals surface area contributed by atoms with Crippen molar-refractivity contribution in [3.8, 4) is 0 Å². The van der Waals surface area contributed by atoms with E-state index in [0.717, 1.165) is 25.0 Å². The summed E-state index contributed by atoms with van der Waals surface area (Å²) in [5, 5.41) is 2.59. The van der Waals surface area contributed by atoms with Crippen LogP contribution >= 0.6 is 0 Å². The molecule has 0 aromatic heterocycles. The van der Waals surface area contributed by atoms with Crippen LogP contribution in [0, 0.1) is 11.6 Å². The molecule has 0 fully saturated rings. The number of nitrogens with two attached hydrogens (primary N) is 1. The van der Waals surface area contributed by atoms with Gasteiger partial charge >= 0.3 is 0 Å². The van der Waals surface area contributed by atoms with Gasteiger partial charge in [-0.05, 0) is 18.9 Å². The second-order valence-corrected chi connectivity index (χ2v) is 4.43. The number of carbonyl (C=O) groups is 1. The Morgan fingerprint density at radius 3 is 2.60 bits per heavy atom. The molecule has 0 aliphatic carbocycles. The first-order valence-electron chi connectivity index (χ1n) is 6.66. The Bertz CT molecular complexity index is 453. The van der Waals surface area contributed by atoms with E-state index >= 15 is 0 Å². The van der Waals surface area contributed by atoms with Crippen molar-refractivity contribution in [2.75, 3.05) is 25.5 Å². The Morgan fingerprint density at radius 2 is 1.90 bits per heavy atom. The molecule has 0 aliphatic rings. The first-order valence-corrected chi connectivity index (χ1v) is 6.66. The lowest BCUT2D eigenvalue weighted by Crippen LogP contribution is -2.26. The summed E-state index contributed by atoms with van der Waals surface area (Å²) < 4.78 is 31.3. The van der Waals surface area contributed by atoms with Crippen LogP contribution in [0.4, 0.5) is 14.5 Å². The normalized spacial score (nSPS) is 10.6. The first-order chi connectivity index (χ1) is 9.56. The van der Waals surface area contributed by atoms with Crippen LogP contribution in [0.5, 0.6) is 0 Å². The molecule has 1 aromatic rings. The van der Waals surface area contributed by atoms with Gasteiger partial charge < -0.3 is 15.8 Å². The van der Waals surface area contributed by atoms with E-state index in [4.69, 9.17) is 10.5 Å². The number of benzene rings is 1. The number of nitrogens with one attached hydrogen (secondary N) is 1. The molecule has 20 heavy (non-hydrogen) atoms. The number of rotatable bonds is 8. The highest BCUT2D eigenvalue weighted by Crippen LogP contribution is 2.16. The second kappa shape index (κ2) is 8.47. The highest BCUT2D eigenvalue weighted by molar-refractivity contribution is 5.99. The van der Waals surface area contributed by atoms with Crippen molar-refractivity contribution in [2.45, 2.75) is 26.2 Å². The summed E-state index contributed by atoms with van der Waals surface area (Å²) in [5.74, 6) is -2.68. The molecule has 3 N–H and O–H groups in total. The number of halogens is 2. The summed E-state index contributed by atoms with van der Waals surface area (Å²) in [4.78, 5) is 11.7. The maximum absolute atomic E-state index is 13.1. The van der Waals surface area contributed by atoms with Crippen LogP contribution in [0.1, 0.15) is 36.5 Å². The van der Waals surface area contributed by atoms with Crippen molar-refractivity contribution >= 4 is 11.6 Å². The van der Waals surface area contributed by atoms with Crippen LogP contribution in [0.2, 0.25) is 0 Å². The molecule has 0 saturated heterocycles. The van der Waals surface area contributed by atoms with Crippen LogP contribution in [-0.4, -0.2) is 25.7 Å². The minimum atomic E-state index is -1.09. The van der Waals surface area contributed by atoms with Gasteiger partial charge in [0.15, 0.2) is 11.6 Å². The highest BCUT2D eigenvalue weighted by atomic mass is 19.2. The number of nitrogen functional groups attached to an aromatic ring is 1. The molecule has 1 rings (SSSR count). The van der Waals surface area contributed by atoms with Crippen LogP contribution < -0.4 is 11.1 Å².